The molecule has 7 nitrogen and oxygen atoms in total. The van der Waals surface area contributed by atoms with Crippen LogP contribution >= 0.6 is 11.6 Å². The normalized spacial score (nSPS) is 15.8. The zero-order valence-electron chi connectivity index (χ0n) is 14.0. The number of urea groups is 1. The second kappa shape index (κ2) is 8.71. The molecule has 136 valence electrons. The van der Waals surface area contributed by atoms with E-state index in [0.717, 1.165) is 12.8 Å². The molecule has 0 spiro atoms. The third-order valence-corrected chi connectivity index (χ3v) is 4.29. The monoisotopic (exact) mass is 367 g/mol. The van der Waals surface area contributed by atoms with Gasteiger partial charge in [-0.05, 0) is 43.4 Å². The molecule has 3 amide bonds. The molecule has 8 heteroatoms. The first-order chi connectivity index (χ1) is 11.8. The number of nitrogens with two attached hydrogens (primary N) is 1. The van der Waals surface area contributed by atoms with Crippen molar-refractivity contribution in [3.63, 3.8) is 0 Å². The van der Waals surface area contributed by atoms with Gasteiger partial charge in [0.2, 0.25) is 0 Å². The molecule has 0 aliphatic heterocycles. The fourth-order valence-electron chi connectivity index (χ4n) is 2.50. The fraction of sp³-hybridized carbons (Fsp3) is 0.471. The first-order valence-corrected chi connectivity index (χ1v) is 8.49. The number of carbonyl (C=O) groups is 3. The van der Waals surface area contributed by atoms with Crippen LogP contribution < -0.4 is 16.4 Å². The molecule has 0 unspecified atom stereocenters. The third-order valence-electron chi connectivity index (χ3n) is 4.04. The van der Waals surface area contributed by atoms with Crippen LogP contribution in [0.4, 0.5) is 4.79 Å². The van der Waals surface area contributed by atoms with E-state index in [1.165, 1.54) is 0 Å². The van der Waals surface area contributed by atoms with Crippen molar-refractivity contribution in [2.75, 3.05) is 6.61 Å². The number of amides is 3. The third kappa shape index (κ3) is 6.62. The zero-order chi connectivity index (χ0) is 18.4. The van der Waals surface area contributed by atoms with Crippen LogP contribution in [0.2, 0.25) is 5.02 Å². The molecule has 1 aromatic carbocycles. The van der Waals surface area contributed by atoms with E-state index in [4.69, 9.17) is 22.1 Å². The Hall–Kier alpha value is -2.28. The van der Waals surface area contributed by atoms with E-state index in [9.17, 15) is 14.4 Å². The highest BCUT2D eigenvalue weighted by atomic mass is 35.5. The lowest BCUT2D eigenvalue weighted by atomic mass is 10.0. The Morgan fingerprint density at radius 3 is 2.44 bits per heavy atom. The van der Waals surface area contributed by atoms with E-state index in [2.05, 4.69) is 10.6 Å². The number of ether oxygens (including phenoxy) is 1. The van der Waals surface area contributed by atoms with E-state index < -0.39 is 18.0 Å². The van der Waals surface area contributed by atoms with E-state index >= 15 is 0 Å². The fourth-order valence-corrected chi connectivity index (χ4v) is 2.63. The summed E-state index contributed by atoms with van der Waals surface area (Å²) in [6.07, 6.45) is 2.08. The number of nitrogens with one attached hydrogen (secondary N) is 2. The van der Waals surface area contributed by atoms with Crippen LogP contribution in [-0.2, 0) is 14.3 Å². The van der Waals surface area contributed by atoms with Crippen molar-refractivity contribution in [2.45, 2.75) is 38.3 Å². The Bertz CT molecular complexity index is 631. The van der Waals surface area contributed by atoms with Gasteiger partial charge in [-0.15, -0.1) is 0 Å². The summed E-state index contributed by atoms with van der Waals surface area (Å²) in [5.41, 5.74) is 5.81. The van der Waals surface area contributed by atoms with Crippen LogP contribution in [0.25, 0.3) is 0 Å². The van der Waals surface area contributed by atoms with Gasteiger partial charge < -0.3 is 21.1 Å². The highest BCUT2D eigenvalue weighted by molar-refractivity contribution is 6.30. The second-order valence-corrected chi connectivity index (χ2v) is 6.61. The second-order valence-electron chi connectivity index (χ2n) is 6.17. The number of primary amides is 1. The first-order valence-electron chi connectivity index (χ1n) is 8.11. The lowest BCUT2D eigenvalue weighted by Gasteiger charge is -2.18. The Kier molecular flexibility index (Phi) is 6.64. The lowest BCUT2D eigenvalue weighted by Crippen LogP contribution is -2.38. The molecule has 2 rings (SSSR count). The van der Waals surface area contributed by atoms with E-state index in [0.29, 0.717) is 16.5 Å². The highest BCUT2D eigenvalue weighted by Gasteiger charge is 2.29. The van der Waals surface area contributed by atoms with Gasteiger partial charge >= 0.3 is 12.0 Å². The van der Waals surface area contributed by atoms with Crippen LogP contribution in [-0.4, -0.2) is 30.6 Å². The Balaban J connectivity index is 1.84. The molecule has 1 saturated carbocycles. The predicted molar refractivity (Wildman–Crippen MR) is 92.8 cm³/mol. The molecular weight excluding hydrogens is 346 g/mol. The summed E-state index contributed by atoms with van der Waals surface area (Å²) >= 11 is 5.83. The van der Waals surface area contributed by atoms with Crippen molar-refractivity contribution in [3.05, 3.63) is 34.9 Å². The van der Waals surface area contributed by atoms with Crippen LogP contribution in [0.15, 0.2) is 24.3 Å². The molecule has 1 aliphatic rings. The molecule has 0 heterocycles. The Morgan fingerprint density at radius 2 is 1.88 bits per heavy atom. The maximum atomic E-state index is 12.0. The maximum absolute atomic E-state index is 12.0. The number of rotatable bonds is 8. The minimum Gasteiger partial charge on any atom is -0.456 e. The van der Waals surface area contributed by atoms with Crippen LogP contribution in [0.1, 0.15) is 37.8 Å². The van der Waals surface area contributed by atoms with Gasteiger partial charge in [-0.3, -0.25) is 9.59 Å². The molecule has 1 aliphatic carbocycles. The van der Waals surface area contributed by atoms with Crippen LogP contribution in [0.5, 0.6) is 0 Å². The maximum Gasteiger partial charge on any atom is 0.312 e. The predicted octanol–water partition coefficient (Wildman–Crippen LogP) is 1.90. The van der Waals surface area contributed by atoms with E-state index in [1.807, 2.05) is 6.92 Å². The highest BCUT2D eigenvalue weighted by Crippen LogP contribution is 2.32. The zero-order valence-corrected chi connectivity index (χ0v) is 14.7. The molecule has 25 heavy (non-hydrogen) atoms. The summed E-state index contributed by atoms with van der Waals surface area (Å²) in [5.74, 6) is -0.421. The summed E-state index contributed by atoms with van der Waals surface area (Å²) in [6.45, 7) is 1.59. The van der Waals surface area contributed by atoms with Crippen molar-refractivity contribution in [3.8, 4) is 0 Å². The van der Waals surface area contributed by atoms with Gasteiger partial charge in [-0.25, -0.2) is 4.79 Å². The quantitative estimate of drug-likeness (QED) is 0.609. The minimum atomic E-state index is -0.760. The Labute approximate surface area is 151 Å². The van der Waals surface area contributed by atoms with Gasteiger partial charge in [0.25, 0.3) is 5.91 Å². The molecule has 1 fully saturated rings. The number of hydrogen-bond acceptors (Lipinski definition) is 4. The summed E-state index contributed by atoms with van der Waals surface area (Å²) in [5, 5.41) is 5.82. The number of hydrogen-bond donors (Lipinski definition) is 3. The molecule has 0 radical (unpaired) electrons. The summed E-state index contributed by atoms with van der Waals surface area (Å²) < 4.78 is 4.99. The average molecular weight is 368 g/mol. The largest absolute Gasteiger partial charge is 0.456 e. The summed E-state index contributed by atoms with van der Waals surface area (Å²) in [6, 6.07) is 5.32. The minimum absolute atomic E-state index is 0.0875. The van der Waals surface area contributed by atoms with Gasteiger partial charge in [0.15, 0.2) is 6.61 Å². The molecule has 0 bridgehead atoms. The van der Waals surface area contributed by atoms with Gasteiger partial charge in [-0.2, -0.15) is 0 Å². The molecule has 0 saturated heterocycles. The van der Waals surface area contributed by atoms with E-state index in [-0.39, 0.29) is 25.0 Å². The molecule has 0 aromatic heterocycles. The lowest BCUT2D eigenvalue weighted by molar-refractivity contribution is -0.149. The van der Waals surface area contributed by atoms with Gasteiger partial charge in [0, 0.05) is 11.1 Å². The Morgan fingerprint density at radius 1 is 1.24 bits per heavy atom. The number of esters is 1. The van der Waals surface area contributed by atoms with Crippen LogP contribution in [0, 0.1) is 5.92 Å². The van der Waals surface area contributed by atoms with Crippen molar-refractivity contribution in [2.24, 2.45) is 11.7 Å². The number of halogens is 1. The number of carbonyl (C=O) groups excluding carboxylic acids is 3. The standard InChI is InChI=1S/C17H22ClN3O4/c1-10(11-2-3-11)20-15(22)9-25-16(23)8-14(21-17(19)24)12-4-6-13(18)7-5-12/h4-7,10-11,14H,2-3,8-9H2,1H3,(H,20,22)(H3,19,21,24)/t10-,14-/m1/s1. The van der Waals surface area contributed by atoms with Crippen molar-refractivity contribution >= 4 is 29.5 Å². The average Bonchev–Trinajstić information content (AvgIpc) is 3.37. The molecule has 1 aromatic rings. The van der Waals surface area contributed by atoms with Crippen molar-refractivity contribution in [1.29, 1.82) is 0 Å². The molecule has 2 atom stereocenters. The van der Waals surface area contributed by atoms with Crippen molar-refractivity contribution < 1.29 is 19.1 Å². The van der Waals surface area contributed by atoms with Gasteiger partial charge in [-0.1, -0.05) is 23.7 Å². The summed E-state index contributed by atoms with van der Waals surface area (Å²) in [7, 11) is 0. The van der Waals surface area contributed by atoms with Gasteiger partial charge in [0.05, 0.1) is 12.5 Å². The van der Waals surface area contributed by atoms with E-state index in [1.54, 1.807) is 24.3 Å². The summed E-state index contributed by atoms with van der Waals surface area (Å²) in [4.78, 5) is 34.9. The number of benzene rings is 1. The first kappa shape index (κ1) is 19.1. The smallest absolute Gasteiger partial charge is 0.312 e. The topological polar surface area (TPSA) is 111 Å². The van der Waals surface area contributed by atoms with Crippen molar-refractivity contribution in [1.82, 2.24) is 10.6 Å². The SMILES string of the molecule is C[C@@H](NC(=O)COC(=O)C[C@@H](NC(N)=O)c1ccc(Cl)cc1)C1CC1. The molecular formula is C17H22ClN3O4. The molecule has 4 N–H and O–H groups in total. The van der Waals surface area contributed by atoms with Gasteiger partial charge in [0.1, 0.15) is 0 Å². The van der Waals surface area contributed by atoms with Crippen LogP contribution in [0.3, 0.4) is 0 Å².